The van der Waals surface area contributed by atoms with Crippen LogP contribution >= 0.6 is 0 Å². The zero-order chi connectivity index (χ0) is 46.4. The number of carbonyl (C=O) groups excluding carboxylic acids is 10. The van der Waals surface area contributed by atoms with Crippen LogP contribution in [0.4, 0.5) is 0 Å². The second-order valence-corrected chi connectivity index (χ2v) is 14.7. The predicted molar refractivity (Wildman–Crippen MR) is 224 cm³/mol. The Balaban J connectivity index is 3.94. The Morgan fingerprint density at radius 3 is 1.34 bits per heavy atom. The second-order valence-electron chi connectivity index (χ2n) is 14.7. The van der Waals surface area contributed by atoms with Crippen molar-refractivity contribution in [3.8, 4) is 0 Å². The fourth-order valence-corrected chi connectivity index (χ4v) is 5.67. The number of nitrogens with two attached hydrogens (primary N) is 1. The van der Waals surface area contributed by atoms with Gasteiger partial charge in [0.2, 0.25) is 29.5 Å². The van der Waals surface area contributed by atoms with Gasteiger partial charge in [0.05, 0.1) is 45.7 Å². The molecule has 20 heteroatoms. The zero-order valence-corrected chi connectivity index (χ0v) is 36.9. The lowest BCUT2D eigenvalue weighted by Crippen LogP contribution is -2.45. The van der Waals surface area contributed by atoms with Crippen LogP contribution in [0.15, 0.2) is 0 Å². The van der Waals surface area contributed by atoms with Crippen LogP contribution in [0, 0.1) is 0 Å². The lowest BCUT2D eigenvalue weighted by molar-refractivity contribution is -0.148. The summed E-state index contributed by atoms with van der Waals surface area (Å²) >= 11 is 0. The Hall–Kier alpha value is -4.66. The molecule has 0 aliphatic carbocycles. The number of unbranched alkanes of at least 4 members (excludes halogenated alkanes) is 4. The van der Waals surface area contributed by atoms with Crippen LogP contribution in [-0.2, 0) is 71.6 Å². The van der Waals surface area contributed by atoms with Gasteiger partial charge in [-0.25, -0.2) is 0 Å². The molecule has 2 unspecified atom stereocenters. The van der Waals surface area contributed by atoms with Gasteiger partial charge < -0.3 is 50.7 Å². The van der Waals surface area contributed by atoms with E-state index in [-0.39, 0.29) is 107 Å². The standard InChI is InChI=1S/C42H71N5O15/c1-31(48)37(46-39(54)29-60-26-24-58-22-20-44-32(2)49)17-8-4-6-12-34(51)14-10-16-36(53)28-62-41(56)19-11-15-35(52)13-7-5-9-18-38(42(43)57)47-40(55)30-61-27-25-59-23-21-45-33(3)50/h37-38H,4-30H2,1-3H3,(H2,43,57)(H,44,49)(H,45,50)(H,46,54)(H,47,55). The van der Waals surface area contributed by atoms with E-state index in [0.717, 1.165) is 0 Å². The minimum atomic E-state index is -0.872. The van der Waals surface area contributed by atoms with E-state index in [4.69, 9.17) is 29.4 Å². The molecule has 2 atom stereocenters. The average molecular weight is 886 g/mol. The van der Waals surface area contributed by atoms with E-state index in [9.17, 15) is 47.9 Å². The average Bonchev–Trinajstić information content (AvgIpc) is 3.20. The van der Waals surface area contributed by atoms with Crippen LogP contribution in [-0.4, -0.2) is 143 Å². The van der Waals surface area contributed by atoms with Gasteiger partial charge in [0, 0.05) is 65.5 Å². The van der Waals surface area contributed by atoms with Crippen molar-refractivity contribution in [2.75, 3.05) is 72.6 Å². The largest absolute Gasteiger partial charge is 0.458 e. The molecule has 0 aliphatic rings. The monoisotopic (exact) mass is 885 g/mol. The molecule has 6 N–H and O–H groups in total. The van der Waals surface area contributed by atoms with Crippen molar-refractivity contribution in [1.82, 2.24) is 21.3 Å². The third kappa shape index (κ3) is 37.1. The smallest absolute Gasteiger partial charge is 0.306 e. The van der Waals surface area contributed by atoms with Crippen molar-refractivity contribution in [1.29, 1.82) is 0 Å². The summed E-state index contributed by atoms with van der Waals surface area (Å²) in [6, 6.07) is -1.52. The number of amides is 5. The summed E-state index contributed by atoms with van der Waals surface area (Å²) in [5.41, 5.74) is 5.42. The highest BCUT2D eigenvalue weighted by atomic mass is 16.5. The number of ether oxygens (including phenoxy) is 5. The molecular weight excluding hydrogens is 814 g/mol. The fourth-order valence-electron chi connectivity index (χ4n) is 5.67. The summed E-state index contributed by atoms with van der Waals surface area (Å²) in [4.78, 5) is 118. The maximum Gasteiger partial charge on any atom is 0.306 e. The molecule has 0 spiro atoms. The Kier molecular flexibility index (Phi) is 35.2. The van der Waals surface area contributed by atoms with Crippen LogP contribution in [0.2, 0.25) is 0 Å². The highest BCUT2D eigenvalue weighted by Gasteiger charge is 2.19. The van der Waals surface area contributed by atoms with E-state index in [1.807, 2.05) is 0 Å². The number of nitrogens with one attached hydrogen (secondary N) is 4. The molecular formula is C42H71N5O15. The SMILES string of the molecule is CC(=O)NCCOCCOCC(=O)NC(CCCCCC(=O)CCCC(=O)COC(=O)CCCC(=O)CCCCCC(NC(=O)COCCOCCNC(C)=O)C(N)=O)C(C)=O. The van der Waals surface area contributed by atoms with Crippen LogP contribution in [0.25, 0.3) is 0 Å². The van der Waals surface area contributed by atoms with Gasteiger partial charge in [0.15, 0.2) is 11.6 Å². The minimum Gasteiger partial charge on any atom is -0.458 e. The molecule has 0 fully saturated rings. The maximum absolute atomic E-state index is 12.3. The number of ketones is 4. The third-order valence-electron chi connectivity index (χ3n) is 8.99. The van der Waals surface area contributed by atoms with Crippen LogP contribution in [0.1, 0.15) is 124 Å². The molecule has 62 heavy (non-hydrogen) atoms. The molecule has 0 saturated heterocycles. The van der Waals surface area contributed by atoms with Crippen molar-refractivity contribution >= 4 is 58.6 Å². The molecule has 354 valence electrons. The summed E-state index contributed by atoms with van der Waals surface area (Å²) in [7, 11) is 0. The molecule has 0 heterocycles. The Morgan fingerprint density at radius 2 is 0.871 bits per heavy atom. The molecule has 0 radical (unpaired) electrons. The van der Waals surface area contributed by atoms with Gasteiger partial charge in [-0.3, -0.25) is 47.9 Å². The lowest BCUT2D eigenvalue weighted by Gasteiger charge is -2.16. The van der Waals surface area contributed by atoms with Crippen molar-refractivity contribution in [2.24, 2.45) is 5.73 Å². The van der Waals surface area contributed by atoms with E-state index >= 15 is 0 Å². The first kappa shape index (κ1) is 57.3. The Morgan fingerprint density at radius 1 is 0.452 bits per heavy atom. The normalized spacial score (nSPS) is 11.8. The van der Waals surface area contributed by atoms with Gasteiger partial charge in [0.1, 0.15) is 37.4 Å². The maximum atomic E-state index is 12.3. The first-order valence-corrected chi connectivity index (χ1v) is 21.5. The summed E-state index contributed by atoms with van der Waals surface area (Å²) in [5, 5.41) is 10.4. The summed E-state index contributed by atoms with van der Waals surface area (Å²) < 4.78 is 26.0. The fraction of sp³-hybridized carbons (Fsp3) is 0.762. The number of esters is 1. The number of rotatable bonds is 42. The molecule has 0 bridgehead atoms. The van der Waals surface area contributed by atoms with Crippen LogP contribution in [0.5, 0.6) is 0 Å². The molecule has 0 aromatic carbocycles. The molecule has 0 saturated carbocycles. The van der Waals surface area contributed by atoms with Gasteiger partial charge in [-0.2, -0.15) is 0 Å². The van der Waals surface area contributed by atoms with Crippen molar-refractivity contribution in [3.63, 3.8) is 0 Å². The third-order valence-corrected chi connectivity index (χ3v) is 8.99. The van der Waals surface area contributed by atoms with Gasteiger partial charge in [-0.15, -0.1) is 0 Å². The van der Waals surface area contributed by atoms with Crippen LogP contribution < -0.4 is 27.0 Å². The molecule has 0 aliphatic heterocycles. The van der Waals surface area contributed by atoms with Gasteiger partial charge in [0.25, 0.3) is 0 Å². The molecule has 0 aromatic heterocycles. The van der Waals surface area contributed by atoms with Crippen molar-refractivity contribution < 1.29 is 71.6 Å². The van der Waals surface area contributed by atoms with Gasteiger partial charge in [-0.05, 0) is 45.4 Å². The first-order valence-electron chi connectivity index (χ1n) is 21.5. The molecule has 20 nitrogen and oxygen atoms in total. The number of primary amides is 1. The van der Waals surface area contributed by atoms with Crippen molar-refractivity contribution in [2.45, 2.75) is 136 Å². The van der Waals surface area contributed by atoms with E-state index in [2.05, 4.69) is 21.3 Å². The summed E-state index contributed by atoms with van der Waals surface area (Å²) in [6.07, 6.45) is 6.09. The van der Waals surface area contributed by atoms with E-state index in [1.54, 1.807) is 0 Å². The quantitative estimate of drug-likeness (QED) is 0.0420. The highest BCUT2D eigenvalue weighted by molar-refractivity contribution is 5.88. The van der Waals surface area contributed by atoms with E-state index < -0.39 is 42.4 Å². The van der Waals surface area contributed by atoms with E-state index in [1.165, 1.54) is 20.8 Å². The number of hydrogen-bond acceptors (Lipinski definition) is 15. The molecule has 0 rings (SSSR count). The predicted octanol–water partition coefficient (Wildman–Crippen LogP) is 0.861. The first-order chi connectivity index (χ1) is 29.6. The number of hydrogen-bond donors (Lipinski definition) is 5. The number of carbonyl (C=O) groups is 10. The second kappa shape index (κ2) is 38.0. The zero-order valence-electron chi connectivity index (χ0n) is 36.9. The number of Topliss-reactive ketones (excluding diaryl/α,β-unsaturated/α-hetero) is 4. The highest BCUT2D eigenvalue weighted by Crippen LogP contribution is 2.11. The Labute approximate surface area is 364 Å². The van der Waals surface area contributed by atoms with Gasteiger partial charge in [-0.1, -0.05) is 25.7 Å². The van der Waals surface area contributed by atoms with Gasteiger partial charge >= 0.3 is 5.97 Å². The van der Waals surface area contributed by atoms with Crippen LogP contribution in [0.3, 0.4) is 0 Å². The summed E-state index contributed by atoms with van der Waals surface area (Å²) in [6.45, 7) is 5.53. The van der Waals surface area contributed by atoms with Crippen molar-refractivity contribution in [3.05, 3.63) is 0 Å². The molecule has 0 aromatic rings. The molecule has 5 amide bonds. The lowest BCUT2D eigenvalue weighted by atomic mass is 10.0. The minimum absolute atomic E-state index is 0.00385. The van der Waals surface area contributed by atoms with E-state index in [0.29, 0.717) is 96.9 Å². The summed E-state index contributed by atoms with van der Waals surface area (Å²) in [5.74, 6) is -3.00. The topological polar surface area (TPSA) is 291 Å². The Bertz CT molecular complexity index is 1290.